The number of anilines is 1. The average Bonchev–Trinajstić information content (AvgIpc) is 2.28. The lowest BCUT2D eigenvalue weighted by Crippen LogP contribution is -2.27. The summed E-state index contributed by atoms with van der Waals surface area (Å²) in [4.78, 5) is 8.85. The number of nitrogens with zero attached hydrogens (tertiary/aromatic N) is 2. The average molecular weight is 237 g/mol. The van der Waals surface area contributed by atoms with Gasteiger partial charge in [-0.2, -0.15) is 4.98 Å². The molecule has 1 aromatic rings. The molecule has 1 heterocycles. The van der Waals surface area contributed by atoms with Crippen LogP contribution in [0.4, 0.5) is 5.82 Å². The second-order valence-corrected chi connectivity index (χ2v) is 5.07. The van der Waals surface area contributed by atoms with Crippen LogP contribution in [0.15, 0.2) is 6.07 Å². The molecule has 0 fully saturated rings. The monoisotopic (exact) mass is 237 g/mol. The van der Waals surface area contributed by atoms with Crippen LogP contribution >= 0.6 is 0 Å². The van der Waals surface area contributed by atoms with E-state index in [0.717, 1.165) is 18.1 Å². The van der Waals surface area contributed by atoms with Crippen molar-refractivity contribution in [2.75, 3.05) is 12.4 Å². The zero-order valence-corrected chi connectivity index (χ0v) is 11.7. The summed E-state index contributed by atoms with van der Waals surface area (Å²) in [5, 5.41) is 3.04. The first kappa shape index (κ1) is 13.7. The summed E-state index contributed by atoms with van der Waals surface area (Å²) in [7, 11) is 1.85. The quantitative estimate of drug-likeness (QED) is 0.854. The van der Waals surface area contributed by atoms with Crippen molar-refractivity contribution < 1.29 is 4.74 Å². The van der Waals surface area contributed by atoms with Gasteiger partial charge in [0.05, 0.1) is 0 Å². The Morgan fingerprint density at radius 3 is 2.47 bits per heavy atom. The van der Waals surface area contributed by atoms with Crippen LogP contribution in [-0.2, 0) is 0 Å². The van der Waals surface area contributed by atoms with Crippen molar-refractivity contribution >= 4 is 5.82 Å². The van der Waals surface area contributed by atoms with Gasteiger partial charge in [-0.1, -0.05) is 20.8 Å². The first-order chi connectivity index (χ1) is 7.88. The van der Waals surface area contributed by atoms with Crippen LogP contribution < -0.4 is 10.1 Å². The van der Waals surface area contributed by atoms with Crippen LogP contribution in [0.2, 0.25) is 0 Å². The Balaban J connectivity index is 3.03. The number of hydrogen-bond acceptors (Lipinski definition) is 4. The van der Waals surface area contributed by atoms with Crippen molar-refractivity contribution in [1.29, 1.82) is 0 Å². The summed E-state index contributed by atoms with van der Waals surface area (Å²) in [6.07, 6.45) is 0.933. The van der Waals surface area contributed by atoms with Crippen LogP contribution in [0.25, 0.3) is 0 Å². The van der Waals surface area contributed by atoms with Crippen molar-refractivity contribution in [3.05, 3.63) is 11.9 Å². The van der Waals surface area contributed by atoms with E-state index >= 15 is 0 Å². The maximum Gasteiger partial charge on any atom is 0.219 e. The van der Waals surface area contributed by atoms with Gasteiger partial charge in [0.2, 0.25) is 5.88 Å². The zero-order valence-electron chi connectivity index (χ0n) is 11.7. The van der Waals surface area contributed by atoms with E-state index in [1.54, 1.807) is 0 Å². The van der Waals surface area contributed by atoms with E-state index in [1.165, 1.54) is 0 Å². The first-order valence-electron chi connectivity index (χ1n) is 6.13. The molecule has 0 unspecified atom stereocenters. The molecule has 0 aromatic carbocycles. The van der Waals surface area contributed by atoms with Crippen LogP contribution in [0.5, 0.6) is 5.88 Å². The molecule has 1 aromatic heterocycles. The number of nitrogens with one attached hydrogen (secondary N) is 1. The van der Waals surface area contributed by atoms with E-state index in [4.69, 9.17) is 4.74 Å². The Labute approximate surface area is 104 Å². The van der Waals surface area contributed by atoms with Crippen LogP contribution in [-0.4, -0.2) is 22.6 Å². The lowest BCUT2D eigenvalue weighted by molar-refractivity contribution is 0.0985. The Morgan fingerprint density at radius 2 is 2.00 bits per heavy atom. The van der Waals surface area contributed by atoms with E-state index in [-0.39, 0.29) is 11.5 Å². The zero-order chi connectivity index (χ0) is 13.1. The Hall–Kier alpha value is -1.32. The molecular weight excluding hydrogens is 214 g/mol. The van der Waals surface area contributed by atoms with Crippen LogP contribution in [0, 0.1) is 0 Å². The van der Waals surface area contributed by atoms with Gasteiger partial charge < -0.3 is 10.1 Å². The summed E-state index contributed by atoms with van der Waals surface area (Å²) >= 11 is 0. The number of rotatable bonds is 5. The molecule has 0 spiro atoms. The summed E-state index contributed by atoms with van der Waals surface area (Å²) < 4.78 is 5.89. The van der Waals surface area contributed by atoms with Crippen molar-refractivity contribution in [1.82, 2.24) is 9.97 Å². The molecular formula is C13H23N3O. The SMILES string of the molecule is CCC(C)(C)Oc1cc(NC)nc(C(C)C)n1. The fourth-order valence-corrected chi connectivity index (χ4v) is 1.24. The van der Waals surface area contributed by atoms with Crippen LogP contribution in [0.1, 0.15) is 52.8 Å². The van der Waals surface area contributed by atoms with Gasteiger partial charge in [0.25, 0.3) is 0 Å². The maximum absolute atomic E-state index is 5.89. The normalized spacial score (nSPS) is 11.7. The summed E-state index contributed by atoms with van der Waals surface area (Å²) in [6, 6.07) is 1.84. The van der Waals surface area contributed by atoms with Gasteiger partial charge in [-0.05, 0) is 20.3 Å². The highest BCUT2D eigenvalue weighted by Gasteiger charge is 2.19. The molecule has 4 heteroatoms. The van der Waals surface area contributed by atoms with Crippen molar-refractivity contribution in [3.8, 4) is 5.88 Å². The number of ether oxygens (including phenoxy) is 1. The van der Waals surface area contributed by atoms with E-state index in [1.807, 2.05) is 13.1 Å². The molecule has 1 N–H and O–H groups in total. The largest absolute Gasteiger partial charge is 0.472 e. The summed E-state index contributed by atoms with van der Waals surface area (Å²) in [5.74, 6) is 2.53. The van der Waals surface area contributed by atoms with Crippen LogP contribution in [0.3, 0.4) is 0 Å². The fourth-order valence-electron chi connectivity index (χ4n) is 1.24. The fraction of sp³-hybridized carbons (Fsp3) is 0.692. The van der Waals surface area contributed by atoms with Gasteiger partial charge in [-0.15, -0.1) is 0 Å². The molecule has 4 nitrogen and oxygen atoms in total. The van der Waals surface area contributed by atoms with Crippen molar-refractivity contribution in [2.45, 2.75) is 52.6 Å². The van der Waals surface area contributed by atoms with Gasteiger partial charge in [0, 0.05) is 19.0 Å². The molecule has 0 aliphatic heterocycles. The van der Waals surface area contributed by atoms with E-state index in [9.17, 15) is 0 Å². The predicted octanol–water partition coefficient (Wildman–Crippen LogP) is 3.21. The molecule has 96 valence electrons. The molecule has 0 aliphatic carbocycles. The van der Waals surface area contributed by atoms with Gasteiger partial charge in [0.15, 0.2) is 0 Å². The molecule has 0 saturated carbocycles. The summed E-state index contributed by atoms with van der Waals surface area (Å²) in [5.41, 5.74) is -0.201. The summed E-state index contributed by atoms with van der Waals surface area (Å²) in [6.45, 7) is 10.4. The topological polar surface area (TPSA) is 47.0 Å². The molecule has 0 saturated heterocycles. The van der Waals surface area contributed by atoms with Gasteiger partial charge in [0.1, 0.15) is 17.2 Å². The van der Waals surface area contributed by atoms with E-state index in [2.05, 4.69) is 49.9 Å². The van der Waals surface area contributed by atoms with Crippen molar-refractivity contribution in [3.63, 3.8) is 0 Å². The first-order valence-corrected chi connectivity index (χ1v) is 6.13. The molecule has 0 aliphatic rings. The highest BCUT2D eigenvalue weighted by molar-refractivity contribution is 5.38. The minimum atomic E-state index is -0.201. The highest BCUT2D eigenvalue weighted by Crippen LogP contribution is 2.23. The standard InChI is InChI=1S/C13H23N3O/c1-7-13(4,5)17-11-8-10(14-6)15-12(16-11)9(2)3/h8-9H,7H2,1-6H3,(H,14,15,16). The molecule has 1 rings (SSSR count). The number of hydrogen-bond donors (Lipinski definition) is 1. The molecule has 17 heavy (non-hydrogen) atoms. The lowest BCUT2D eigenvalue weighted by atomic mass is 10.1. The van der Waals surface area contributed by atoms with Gasteiger partial charge in [-0.25, -0.2) is 4.98 Å². The highest BCUT2D eigenvalue weighted by atomic mass is 16.5. The second-order valence-electron chi connectivity index (χ2n) is 5.07. The Bertz CT molecular complexity index is 375. The maximum atomic E-state index is 5.89. The minimum absolute atomic E-state index is 0.201. The van der Waals surface area contributed by atoms with Gasteiger partial charge >= 0.3 is 0 Å². The third-order valence-corrected chi connectivity index (χ3v) is 2.72. The number of aromatic nitrogens is 2. The van der Waals surface area contributed by atoms with Crippen molar-refractivity contribution in [2.24, 2.45) is 0 Å². The minimum Gasteiger partial charge on any atom is -0.472 e. The molecule has 0 atom stereocenters. The lowest BCUT2D eigenvalue weighted by Gasteiger charge is -2.24. The third-order valence-electron chi connectivity index (χ3n) is 2.72. The predicted molar refractivity (Wildman–Crippen MR) is 70.7 cm³/mol. The molecule has 0 radical (unpaired) electrons. The molecule has 0 bridgehead atoms. The third kappa shape index (κ3) is 3.88. The Kier molecular flexibility index (Phi) is 4.32. The smallest absolute Gasteiger partial charge is 0.219 e. The second kappa shape index (κ2) is 5.34. The Morgan fingerprint density at radius 1 is 1.35 bits per heavy atom. The van der Waals surface area contributed by atoms with E-state index < -0.39 is 0 Å². The molecule has 0 amide bonds. The van der Waals surface area contributed by atoms with E-state index in [0.29, 0.717) is 5.88 Å². The van der Waals surface area contributed by atoms with Gasteiger partial charge in [-0.3, -0.25) is 0 Å².